The Morgan fingerprint density at radius 1 is 0.880 bits per heavy atom. The van der Waals surface area contributed by atoms with E-state index in [0.717, 1.165) is 22.8 Å². The van der Waals surface area contributed by atoms with Crippen molar-refractivity contribution in [2.45, 2.75) is 12.6 Å². The number of para-hydroxylation sites is 1. The molecule has 1 heterocycles. The predicted molar refractivity (Wildman–Crippen MR) is 98.9 cm³/mol. The molecule has 4 nitrogen and oxygen atoms in total. The van der Waals surface area contributed by atoms with Crippen LogP contribution in [0.3, 0.4) is 0 Å². The van der Waals surface area contributed by atoms with E-state index in [2.05, 4.69) is 22.4 Å². The monoisotopic (exact) mass is 334 g/mol. The molecule has 1 aromatic heterocycles. The molecule has 3 rings (SSSR count). The average Bonchev–Trinajstić information content (AvgIpc) is 2.69. The molecular formula is C21H22N2O2. The molecule has 25 heavy (non-hydrogen) atoms. The Labute approximate surface area is 148 Å². The first-order valence-electron chi connectivity index (χ1n) is 8.22. The fraction of sp³-hybridized carbons (Fsp3) is 0.190. The molecule has 0 aliphatic rings. The highest BCUT2D eigenvalue weighted by atomic mass is 16.5. The maximum absolute atomic E-state index is 5.53. The second-order valence-corrected chi connectivity index (χ2v) is 5.63. The maximum atomic E-state index is 5.53. The molecule has 0 unspecified atom stereocenters. The lowest BCUT2D eigenvalue weighted by atomic mass is 10.0. The number of methoxy groups -OCH3 is 2. The SMILES string of the molecule is COc1cccc(CN[C@H](c2ccccc2)c2ccccn2)c1OC. The van der Waals surface area contributed by atoms with Crippen LogP contribution in [-0.4, -0.2) is 19.2 Å². The molecule has 0 aliphatic heterocycles. The van der Waals surface area contributed by atoms with Crippen LogP contribution in [0.1, 0.15) is 22.9 Å². The van der Waals surface area contributed by atoms with Crippen LogP contribution < -0.4 is 14.8 Å². The zero-order valence-electron chi connectivity index (χ0n) is 14.5. The van der Waals surface area contributed by atoms with E-state index >= 15 is 0 Å². The topological polar surface area (TPSA) is 43.4 Å². The summed E-state index contributed by atoms with van der Waals surface area (Å²) in [7, 11) is 3.31. The minimum atomic E-state index is -0.00157. The Kier molecular flexibility index (Phi) is 5.65. The van der Waals surface area contributed by atoms with Gasteiger partial charge in [-0.3, -0.25) is 4.98 Å². The number of nitrogens with zero attached hydrogens (tertiary/aromatic N) is 1. The normalized spacial score (nSPS) is 11.8. The van der Waals surface area contributed by atoms with Gasteiger partial charge in [0.2, 0.25) is 0 Å². The van der Waals surface area contributed by atoms with Crippen molar-refractivity contribution in [1.82, 2.24) is 10.3 Å². The molecule has 0 saturated heterocycles. The van der Waals surface area contributed by atoms with Crippen molar-refractivity contribution in [1.29, 1.82) is 0 Å². The third-order valence-electron chi connectivity index (χ3n) is 4.10. The Hall–Kier alpha value is -2.85. The number of hydrogen-bond acceptors (Lipinski definition) is 4. The Morgan fingerprint density at radius 3 is 2.36 bits per heavy atom. The number of aromatic nitrogens is 1. The summed E-state index contributed by atoms with van der Waals surface area (Å²) in [5.41, 5.74) is 3.19. The van der Waals surface area contributed by atoms with Crippen LogP contribution >= 0.6 is 0 Å². The zero-order chi connectivity index (χ0) is 17.5. The molecule has 0 saturated carbocycles. The van der Waals surface area contributed by atoms with Gasteiger partial charge in [-0.05, 0) is 23.8 Å². The van der Waals surface area contributed by atoms with Gasteiger partial charge < -0.3 is 14.8 Å². The van der Waals surface area contributed by atoms with Gasteiger partial charge >= 0.3 is 0 Å². The molecule has 1 N–H and O–H groups in total. The summed E-state index contributed by atoms with van der Waals surface area (Å²) in [6, 6.07) is 22.2. The van der Waals surface area contributed by atoms with Crippen LogP contribution in [0.5, 0.6) is 11.5 Å². The van der Waals surface area contributed by atoms with Crippen molar-refractivity contribution in [2.75, 3.05) is 14.2 Å². The first kappa shape index (κ1) is 17.0. The minimum Gasteiger partial charge on any atom is -0.493 e. The first-order valence-corrected chi connectivity index (χ1v) is 8.22. The van der Waals surface area contributed by atoms with E-state index in [4.69, 9.17) is 9.47 Å². The highest BCUT2D eigenvalue weighted by molar-refractivity contribution is 5.46. The van der Waals surface area contributed by atoms with Crippen LogP contribution in [0.2, 0.25) is 0 Å². The van der Waals surface area contributed by atoms with Gasteiger partial charge in [-0.25, -0.2) is 0 Å². The lowest BCUT2D eigenvalue weighted by molar-refractivity contribution is 0.350. The average molecular weight is 334 g/mol. The van der Waals surface area contributed by atoms with Crippen LogP contribution in [0.4, 0.5) is 0 Å². The molecule has 128 valence electrons. The lowest BCUT2D eigenvalue weighted by Gasteiger charge is -2.20. The van der Waals surface area contributed by atoms with Crippen LogP contribution in [0, 0.1) is 0 Å². The Morgan fingerprint density at radius 2 is 1.68 bits per heavy atom. The summed E-state index contributed by atoms with van der Waals surface area (Å²) in [5, 5.41) is 3.60. The quantitative estimate of drug-likeness (QED) is 0.710. The molecule has 4 heteroatoms. The van der Waals surface area contributed by atoms with Crippen LogP contribution in [-0.2, 0) is 6.54 Å². The third-order valence-corrected chi connectivity index (χ3v) is 4.10. The number of hydrogen-bond donors (Lipinski definition) is 1. The summed E-state index contributed by atoms with van der Waals surface area (Å²) in [6.07, 6.45) is 1.82. The molecule has 0 bridgehead atoms. The molecule has 2 aromatic carbocycles. The van der Waals surface area contributed by atoms with E-state index in [1.807, 2.05) is 60.8 Å². The van der Waals surface area contributed by atoms with E-state index in [-0.39, 0.29) is 6.04 Å². The van der Waals surface area contributed by atoms with Gasteiger partial charge in [0, 0.05) is 18.3 Å². The van der Waals surface area contributed by atoms with Crippen molar-refractivity contribution in [3.63, 3.8) is 0 Å². The van der Waals surface area contributed by atoms with Crippen molar-refractivity contribution in [3.8, 4) is 11.5 Å². The maximum Gasteiger partial charge on any atom is 0.165 e. The van der Waals surface area contributed by atoms with Crippen LogP contribution in [0.25, 0.3) is 0 Å². The Balaban J connectivity index is 1.88. The molecule has 0 spiro atoms. The number of pyridine rings is 1. The number of benzene rings is 2. The van der Waals surface area contributed by atoms with Gasteiger partial charge in [0.1, 0.15) is 0 Å². The fourth-order valence-corrected chi connectivity index (χ4v) is 2.89. The molecule has 1 atom stereocenters. The number of rotatable bonds is 7. The van der Waals surface area contributed by atoms with Gasteiger partial charge in [-0.15, -0.1) is 0 Å². The largest absolute Gasteiger partial charge is 0.493 e. The van der Waals surface area contributed by atoms with Gasteiger partial charge in [0.15, 0.2) is 11.5 Å². The number of ether oxygens (including phenoxy) is 2. The predicted octanol–water partition coefficient (Wildman–Crippen LogP) is 3.98. The molecular weight excluding hydrogens is 312 g/mol. The molecule has 0 radical (unpaired) electrons. The van der Waals surface area contributed by atoms with Gasteiger partial charge in [0.25, 0.3) is 0 Å². The van der Waals surface area contributed by atoms with E-state index < -0.39 is 0 Å². The van der Waals surface area contributed by atoms with E-state index in [1.165, 1.54) is 5.56 Å². The molecule has 3 aromatic rings. The standard InChI is InChI=1S/C21H22N2O2/c1-24-19-13-8-11-17(21(19)25-2)15-23-20(16-9-4-3-5-10-16)18-12-6-7-14-22-18/h3-14,20,23H,15H2,1-2H3/t20-/m1/s1. The molecule has 0 amide bonds. The first-order chi connectivity index (χ1) is 12.3. The third kappa shape index (κ3) is 3.98. The van der Waals surface area contributed by atoms with Crippen molar-refractivity contribution in [2.24, 2.45) is 0 Å². The highest BCUT2D eigenvalue weighted by Crippen LogP contribution is 2.31. The summed E-state index contributed by atoms with van der Waals surface area (Å²) < 4.78 is 10.9. The lowest BCUT2D eigenvalue weighted by Crippen LogP contribution is -2.23. The summed E-state index contributed by atoms with van der Waals surface area (Å²) in [6.45, 7) is 0.635. The van der Waals surface area contributed by atoms with Gasteiger partial charge in [-0.2, -0.15) is 0 Å². The minimum absolute atomic E-state index is 0.00157. The van der Waals surface area contributed by atoms with Gasteiger partial charge in [-0.1, -0.05) is 48.5 Å². The van der Waals surface area contributed by atoms with Gasteiger partial charge in [0.05, 0.1) is 26.0 Å². The fourth-order valence-electron chi connectivity index (χ4n) is 2.89. The smallest absolute Gasteiger partial charge is 0.165 e. The van der Waals surface area contributed by atoms with E-state index in [1.54, 1.807) is 14.2 Å². The van der Waals surface area contributed by atoms with Crippen molar-refractivity contribution in [3.05, 3.63) is 89.7 Å². The number of nitrogens with one attached hydrogen (secondary N) is 1. The molecule has 0 fully saturated rings. The Bertz CT molecular complexity index is 752. The zero-order valence-corrected chi connectivity index (χ0v) is 14.5. The van der Waals surface area contributed by atoms with Crippen LogP contribution in [0.15, 0.2) is 72.9 Å². The second kappa shape index (κ2) is 8.31. The van der Waals surface area contributed by atoms with Crippen molar-refractivity contribution < 1.29 is 9.47 Å². The van der Waals surface area contributed by atoms with Crippen molar-refractivity contribution >= 4 is 0 Å². The summed E-state index contributed by atoms with van der Waals surface area (Å²) in [5.74, 6) is 1.49. The molecule has 0 aliphatic carbocycles. The highest BCUT2D eigenvalue weighted by Gasteiger charge is 2.16. The summed E-state index contributed by atoms with van der Waals surface area (Å²) in [4.78, 5) is 4.53. The summed E-state index contributed by atoms with van der Waals surface area (Å²) >= 11 is 0. The second-order valence-electron chi connectivity index (χ2n) is 5.63. The van der Waals surface area contributed by atoms with E-state index in [0.29, 0.717) is 6.54 Å². The van der Waals surface area contributed by atoms with E-state index in [9.17, 15) is 0 Å².